The van der Waals surface area contributed by atoms with Gasteiger partial charge in [0.05, 0.1) is 0 Å². The molecule has 0 atom stereocenters. The number of terminal acetylenes is 1. The van der Waals surface area contributed by atoms with Crippen molar-refractivity contribution in [2.45, 2.75) is 25.7 Å². The maximum atomic E-state index is 12.8. The molecule has 0 aromatic heterocycles. The maximum absolute atomic E-state index is 12.8. The minimum Gasteiger partial charge on any atom is -0.299 e. The number of ketones is 1. The van der Waals surface area contributed by atoms with Crippen LogP contribution in [0.3, 0.4) is 0 Å². The van der Waals surface area contributed by atoms with Crippen LogP contribution in [-0.2, 0) is 11.2 Å². The molecule has 16 heavy (non-hydrogen) atoms. The molecule has 0 spiro atoms. The van der Waals surface area contributed by atoms with Crippen molar-refractivity contribution >= 4 is 5.78 Å². The van der Waals surface area contributed by atoms with Crippen molar-refractivity contribution in [1.82, 2.24) is 0 Å². The summed E-state index contributed by atoms with van der Waals surface area (Å²) in [6.07, 6.45) is 6.75. The second-order valence-electron chi connectivity index (χ2n) is 3.52. The largest absolute Gasteiger partial charge is 0.299 e. The third-order valence-corrected chi connectivity index (χ3v) is 2.16. The molecule has 1 rings (SSSR count). The van der Waals surface area contributed by atoms with E-state index in [0.29, 0.717) is 24.8 Å². The van der Waals surface area contributed by atoms with Gasteiger partial charge in [0, 0.05) is 19.3 Å². The summed E-state index contributed by atoms with van der Waals surface area (Å²) in [6, 6.07) is 3.49. The molecule has 0 saturated carbocycles. The molecule has 0 aliphatic rings. The fourth-order valence-corrected chi connectivity index (χ4v) is 1.35. The number of hydrogen-bond donors (Lipinski definition) is 0. The Kier molecular flexibility index (Phi) is 4.65. The summed E-state index contributed by atoms with van der Waals surface area (Å²) in [6.45, 7) is 0. The summed E-state index contributed by atoms with van der Waals surface area (Å²) >= 11 is 0. The Balaban J connectivity index is 2.50. The van der Waals surface area contributed by atoms with Gasteiger partial charge in [-0.25, -0.2) is 8.78 Å². The van der Waals surface area contributed by atoms with Crippen LogP contribution in [0.1, 0.15) is 24.8 Å². The quantitative estimate of drug-likeness (QED) is 0.553. The number of halogens is 2. The van der Waals surface area contributed by atoms with Gasteiger partial charge in [-0.05, 0) is 24.1 Å². The molecule has 1 nitrogen and oxygen atoms in total. The molecule has 0 saturated heterocycles. The fourth-order valence-electron chi connectivity index (χ4n) is 1.35. The zero-order valence-corrected chi connectivity index (χ0v) is 8.80. The lowest BCUT2D eigenvalue weighted by molar-refractivity contribution is -0.118. The Morgan fingerprint density at radius 3 is 2.69 bits per heavy atom. The van der Waals surface area contributed by atoms with Crippen LogP contribution >= 0.6 is 0 Å². The highest BCUT2D eigenvalue weighted by molar-refractivity contribution is 5.80. The van der Waals surface area contributed by atoms with Crippen LogP contribution < -0.4 is 0 Å². The van der Waals surface area contributed by atoms with E-state index in [1.54, 1.807) is 0 Å². The minimum atomic E-state index is -0.922. The Labute approximate surface area is 93.5 Å². The minimum absolute atomic E-state index is 0.0127. The van der Waals surface area contributed by atoms with E-state index in [9.17, 15) is 13.6 Å². The van der Waals surface area contributed by atoms with Gasteiger partial charge in [0.15, 0.2) is 11.6 Å². The normalized spacial score (nSPS) is 9.81. The molecular weight excluding hydrogens is 210 g/mol. The topological polar surface area (TPSA) is 17.1 Å². The smallest absolute Gasteiger partial charge is 0.159 e. The molecule has 0 aliphatic carbocycles. The average Bonchev–Trinajstić information content (AvgIpc) is 2.24. The van der Waals surface area contributed by atoms with Crippen LogP contribution in [0.25, 0.3) is 0 Å². The van der Waals surface area contributed by atoms with Gasteiger partial charge in [-0.2, -0.15) is 0 Å². The van der Waals surface area contributed by atoms with Gasteiger partial charge in [0.25, 0.3) is 0 Å². The number of carbonyl (C=O) groups is 1. The highest BCUT2D eigenvalue weighted by Gasteiger charge is 2.06. The third-order valence-electron chi connectivity index (χ3n) is 2.16. The molecule has 0 radical (unpaired) electrons. The number of Topliss-reactive ketones (excluding diaryl/α,β-unsaturated/α-hetero) is 1. The Morgan fingerprint density at radius 1 is 1.31 bits per heavy atom. The van der Waals surface area contributed by atoms with Crippen molar-refractivity contribution in [1.29, 1.82) is 0 Å². The summed E-state index contributed by atoms with van der Waals surface area (Å²) in [5.74, 6) is 0.607. The highest BCUT2D eigenvalue weighted by atomic mass is 19.2. The van der Waals surface area contributed by atoms with E-state index in [-0.39, 0.29) is 12.2 Å². The van der Waals surface area contributed by atoms with E-state index >= 15 is 0 Å². The predicted octanol–water partition coefficient (Wildman–Crippen LogP) is 2.88. The molecule has 0 heterocycles. The van der Waals surface area contributed by atoms with Crippen LogP contribution in [0.4, 0.5) is 8.78 Å². The lowest BCUT2D eigenvalue weighted by atomic mass is 10.0. The second-order valence-corrected chi connectivity index (χ2v) is 3.52. The third kappa shape index (κ3) is 3.82. The van der Waals surface area contributed by atoms with Crippen molar-refractivity contribution in [3.63, 3.8) is 0 Å². The first-order chi connectivity index (χ1) is 7.63. The van der Waals surface area contributed by atoms with Gasteiger partial charge in [-0.3, -0.25) is 4.79 Å². The number of hydrogen-bond acceptors (Lipinski definition) is 1. The first-order valence-corrected chi connectivity index (χ1v) is 5.02. The van der Waals surface area contributed by atoms with Crippen LogP contribution in [0.2, 0.25) is 0 Å². The van der Waals surface area contributed by atoms with Crippen molar-refractivity contribution in [3.8, 4) is 12.3 Å². The summed E-state index contributed by atoms with van der Waals surface area (Å²) in [5, 5.41) is 0. The molecule has 84 valence electrons. The molecule has 1 aromatic rings. The number of carbonyl (C=O) groups excluding carboxylic acids is 1. The van der Waals surface area contributed by atoms with Gasteiger partial charge < -0.3 is 0 Å². The van der Waals surface area contributed by atoms with Gasteiger partial charge >= 0.3 is 0 Å². The molecular formula is C13H12F2O. The van der Waals surface area contributed by atoms with Gasteiger partial charge in [0.2, 0.25) is 0 Å². The van der Waals surface area contributed by atoms with Gasteiger partial charge in [-0.15, -0.1) is 12.3 Å². The highest BCUT2D eigenvalue weighted by Crippen LogP contribution is 2.10. The van der Waals surface area contributed by atoms with Gasteiger partial charge in [-0.1, -0.05) is 6.07 Å². The van der Waals surface area contributed by atoms with E-state index in [4.69, 9.17) is 6.42 Å². The molecule has 0 N–H and O–H groups in total. The number of rotatable bonds is 5. The van der Waals surface area contributed by atoms with E-state index in [2.05, 4.69) is 5.92 Å². The van der Waals surface area contributed by atoms with Crippen molar-refractivity contribution in [3.05, 3.63) is 35.4 Å². The van der Waals surface area contributed by atoms with Crippen molar-refractivity contribution in [2.75, 3.05) is 0 Å². The number of benzene rings is 1. The zero-order valence-electron chi connectivity index (χ0n) is 8.80. The van der Waals surface area contributed by atoms with E-state index < -0.39 is 11.6 Å². The fraction of sp³-hybridized carbons (Fsp3) is 0.308. The zero-order chi connectivity index (χ0) is 12.0. The van der Waals surface area contributed by atoms with Crippen molar-refractivity contribution in [2.24, 2.45) is 0 Å². The Hall–Kier alpha value is -1.69. The molecule has 3 heteroatoms. The Morgan fingerprint density at radius 2 is 2.06 bits per heavy atom. The molecule has 0 unspecified atom stereocenters. The average molecular weight is 222 g/mol. The molecule has 0 bridgehead atoms. The van der Waals surface area contributed by atoms with Crippen LogP contribution in [0.5, 0.6) is 0 Å². The Bertz CT molecular complexity index is 418. The van der Waals surface area contributed by atoms with E-state index in [0.717, 1.165) is 12.1 Å². The van der Waals surface area contributed by atoms with Gasteiger partial charge in [0.1, 0.15) is 5.78 Å². The maximum Gasteiger partial charge on any atom is 0.159 e. The predicted molar refractivity (Wildman–Crippen MR) is 57.8 cm³/mol. The first kappa shape index (κ1) is 12.4. The summed E-state index contributed by atoms with van der Waals surface area (Å²) < 4.78 is 25.4. The summed E-state index contributed by atoms with van der Waals surface area (Å²) in [5.41, 5.74) is 0.490. The summed E-state index contributed by atoms with van der Waals surface area (Å²) in [7, 11) is 0. The van der Waals surface area contributed by atoms with E-state index in [1.807, 2.05) is 0 Å². The van der Waals surface area contributed by atoms with Crippen LogP contribution in [0.15, 0.2) is 18.2 Å². The second kappa shape index (κ2) is 6.02. The standard InChI is InChI=1S/C13H12F2O/c1-2-3-4-5-11(16)8-10-6-7-12(14)13(15)9-10/h1,6-7,9H,3-5,8H2. The molecule has 0 aliphatic heterocycles. The van der Waals surface area contributed by atoms with Crippen LogP contribution in [-0.4, -0.2) is 5.78 Å². The molecule has 0 fully saturated rings. The first-order valence-electron chi connectivity index (χ1n) is 5.02. The lowest BCUT2D eigenvalue weighted by Crippen LogP contribution is -2.03. The molecule has 1 aromatic carbocycles. The summed E-state index contributed by atoms with van der Waals surface area (Å²) in [4.78, 5) is 11.4. The lowest BCUT2D eigenvalue weighted by Gasteiger charge is -2.01. The molecule has 0 amide bonds. The van der Waals surface area contributed by atoms with Crippen LogP contribution in [0, 0.1) is 24.0 Å². The number of unbranched alkanes of at least 4 members (excludes halogenated alkanes) is 1. The van der Waals surface area contributed by atoms with Crippen molar-refractivity contribution < 1.29 is 13.6 Å². The van der Waals surface area contributed by atoms with E-state index in [1.165, 1.54) is 6.07 Å². The monoisotopic (exact) mass is 222 g/mol. The SMILES string of the molecule is C#CCCCC(=O)Cc1ccc(F)c(F)c1.